The highest BCUT2D eigenvalue weighted by Crippen LogP contribution is 2.16. The van der Waals surface area contributed by atoms with Crippen LogP contribution in [0.4, 0.5) is 0 Å². The Morgan fingerprint density at radius 3 is 1.61 bits per heavy atom. The minimum absolute atomic E-state index is 0.154. The molecule has 0 aliphatic rings. The maximum absolute atomic E-state index is 12.4. The number of aryl methyl sites for hydroxylation is 2. The smallest absolute Gasteiger partial charge is 0.258 e. The highest BCUT2D eigenvalue weighted by atomic mass is 16.2. The normalized spacial score (nSPS) is 11.0. The average molecular weight is 430 g/mol. The molecule has 0 aromatic heterocycles. The summed E-state index contributed by atoms with van der Waals surface area (Å²) < 4.78 is 0. The van der Waals surface area contributed by atoms with Crippen molar-refractivity contribution in [2.75, 3.05) is 0 Å². The van der Waals surface area contributed by atoms with Gasteiger partial charge in [-0.2, -0.15) is 0 Å². The Balaban J connectivity index is 1.99. The molecule has 0 radical (unpaired) electrons. The second-order valence-corrected chi connectivity index (χ2v) is 9.33. The van der Waals surface area contributed by atoms with Crippen molar-refractivity contribution >= 4 is 11.8 Å². The molecule has 0 spiro atoms. The van der Waals surface area contributed by atoms with Crippen LogP contribution in [-0.2, 0) is 4.79 Å². The number of rotatable bonds is 17. The first-order valence-corrected chi connectivity index (χ1v) is 12.9. The Kier molecular flexibility index (Phi) is 15.0. The number of imide groups is 1. The molecule has 3 heteroatoms. The van der Waals surface area contributed by atoms with Crippen molar-refractivity contribution in [1.29, 1.82) is 0 Å². The van der Waals surface area contributed by atoms with Gasteiger partial charge in [-0.3, -0.25) is 14.9 Å². The second kappa shape index (κ2) is 17.0. The molecular weight excluding hydrogens is 382 g/mol. The molecule has 0 saturated heterocycles. The number of hydrogen-bond donors (Lipinski definition) is 1. The van der Waals surface area contributed by atoms with Gasteiger partial charge in [-0.15, -0.1) is 0 Å². The van der Waals surface area contributed by atoms with E-state index in [2.05, 4.69) is 18.3 Å². The van der Waals surface area contributed by atoms with Crippen molar-refractivity contribution in [3.8, 4) is 0 Å². The number of carbonyl (C=O) groups is 2. The van der Waals surface area contributed by atoms with E-state index in [1.165, 1.54) is 83.5 Å². The fourth-order valence-corrected chi connectivity index (χ4v) is 4.19. The molecule has 0 saturated carbocycles. The van der Waals surface area contributed by atoms with Gasteiger partial charge in [-0.25, -0.2) is 0 Å². The summed E-state index contributed by atoms with van der Waals surface area (Å²) in [6, 6.07) is 3.92. The minimum Gasteiger partial charge on any atom is -0.292 e. The van der Waals surface area contributed by atoms with Gasteiger partial charge in [0.05, 0.1) is 0 Å². The molecule has 0 aliphatic heterocycles. The van der Waals surface area contributed by atoms with Crippen molar-refractivity contribution in [1.82, 2.24) is 5.32 Å². The Morgan fingerprint density at radius 1 is 0.677 bits per heavy atom. The fourth-order valence-electron chi connectivity index (χ4n) is 4.19. The first kappa shape index (κ1) is 27.4. The van der Waals surface area contributed by atoms with Gasteiger partial charge >= 0.3 is 0 Å². The summed E-state index contributed by atoms with van der Waals surface area (Å²) in [5.74, 6) is -0.423. The van der Waals surface area contributed by atoms with Gasteiger partial charge < -0.3 is 0 Å². The van der Waals surface area contributed by atoms with E-state index in [1.54, 1.807) is 0 Å². The lowest BCUT2D eigenvalue weighted by atomic mass is 9.99. The van der Waals surface area contributed by atoms with Gasteiger partial charge in [0.2, 0.25) is 5.91 Å². The Labute approximate surface area is 191 Å². The summed E-state index contributed by atoms with van der Waals surface area (Å²) in [6.45, 7) is 8.17. The third-order valence-corrected chi connectivity index (χ3v) is 6.32. The van der Waals surface area contributed by atoms with Crippen LogP contribution < -0.4 is 5.32 Å². The van der Waals surface area contributed by atoms with Crippen LogP contribution in [0.3, 0.4) is 0 Å². The number of nitrogens with one attached hydrogen (secondary N) is 1. The van der Waals surface area contributed by atoms with Gasteiger partial charge in [0, 0.05) is 12.0 Å². The fraction of sp³-hybridized carbons (Fsp3) is 0.714. The monoisotopic (exact) mass is 429 g/mol. The zero-order chi connectivity index (χ0) is 22.9. The van der Waals surface area contributed by atoms with Crippen molar-refractivity contribution in [3.05, 3.63) is 34.4 Å². The molecule has 0 fully saturated rings. The summed E-state index contributed by atoms with van der Waals surface area (Å²) in [5.41, 5.74) is 3.69. The average Bonchev–Trinajstić information content (AvgIpc) is 2.73. The van der Waals surface area contributed by atoms with E-state index in [4.69, 9.17) is 0 Å². The highest BCUT2D eigenvalue weighted by molar-refractivity contribution is 6.05. The molecule has 0 aliphatic carbocycles. The van der Waals surface area contributed by atoms with Crippen LogP contribution in [0.1, 0.15) is 137 Å². The van der Waals surface area contributed by atoms with Crippen LogP contribution in [0.5, 0.6) is 0 Å². The number of carbonyl (C=O) groups excluding carboxylic acids is 2. The lowest BCUT2D eigenvalue weighted by molar-refractivity contribution is -0.120. The standard InChI is InChI=1S/C28H47NO2/c1-5-6-7-8-9-10-11-12-13-14-15-16-17-18-19-20-27(30)29-28(31)26-22-23(2)21-24(3)25(26)4/h21-22H,5-20H2,1-4H3,(H,29,30,31). The summed E-state index contributed by atoms with van der Waals surface area (Å²) >= 11 is 0. The molecule has 176 valence electrons. The molecule has 1 aromatic rings. The molecule has 2 amide bonds. The van der Waals surface area contributed by atoms with Gasteiger partial charge in [-0.1, -0.05) is 108 Å². The van der Waals surface area contributed by atoms with E-state index in [-0.39, 0.29) is 11.8 Å². The Bertz CT molecular complexity index is 651. The largest absolute Gasteiger partial charge is 0.292 e. The van der Waals surface area contributed by atoms with Gasteiger partial charge in [-0.05, 0) is 44.4 Å². The molecule has 0 bridgehead atoms. The molecule has 1 N–H and O–H groups in total. The third-order valence-electron chi connectivity index (χ3n) is 6.32. The van der Waals surface area contributed by atoms with Crippen LogP contribution in [0.15, 0.2) is 12.1 Å². The first-order chi connectivity index (χ1) is 15.0. The number of benzene rings is 1. The zero-order valence-corrected chi connectivity index (χ0v) is 20.8. The Morgan fingerprint density at radius 2 is 1.13 bits per heavy atom. The van der Waals surface area contributed by atoms with E-state index in [0.29, 0.717) is 12.0 Å². The molecule has 3 nitrogen and oxygen atoms in total. The number of hydrogen-bond acceptors (Lipinski definition) is 2. The summed E-state index contributed by atoms with van der Waals surface area (Å²) in [7, 11) is 0. The lowest BCUT2D eigenvalue weighted by Gasteiger charge is -2.10. The van der Waals surface area contributed by atoms with E-state index in [0.717, 1.165) is 29.5 Å². The van der Waals surface area contributed by atoms with Gasteiger partial charge in [0.15, 0.2) is 0 Å². The summed E-state index contributed by atoms with van der Waals surface area (Å²) in [5, 5.41) is 2.56. The minimum atomic E-state index is -0.268. The quantitative estimate of drug-likeness (QED) is 0.254. The summed E-state index contributed by atoms with van der Waals surface area (Å²) in [4.78, 5) is 24.5. The Hall–Kier alpha value is -1.64. The number of unbranched alkanes of at least 4 members (excludes halogenated alkanes) is 14. The van der Waals surface area contributed by atoms with Crippen LogP contribution in [0, 0.1) is 20.8 Å². The van der Waals surface area contributed by atoms with Crippen LogP contribution in [0.25, 0.3) is 0 Å². The van der Waals surface area contributed by atoms with Gasteiger partial charge in [0.25, 0.3) is 5.91 Å². The molecular formula is C28H47NO2. The predicted octanol–water partition coefficient (Wildman–Crippen LogP) is 8.13. The molecule has 1 aromatic carbocycles. The van der Waals surface area contributed by atoms with Crippen molar-refractivity contribution in [2.45, 2.75) is 130 Å². The molecule has 0 atom stereocenters. The van der Waals surface area contributed by atoms with Crippen LogP contribution in [0.2, 0.25) is 0 Å². The van der Waals surface area contributed by atoms with E-state index >= 15 is 0 Å². The predicted molar refractivity (Wildman–Crippen MR) is 133 cm³/mol. The number of amides is 2. The molecule has 0 heterocycles. The first-order valence-electron chi connectivity index (χ1n) is 12.9. The van der Waals surface area contributed by atoms with Crippen molar-refractivity contribution < 1.29 is 9.59 Å². The van der Waals surface area contributed by atoms with Gasteiger partial charge in [0.1, 0.15) is 0 Å². The molecule has 31 heavy (non-hydrogen) atoms. The maximum atomic E-state index is 12.4. The lowest BCUT2D eigenvalue weighted by Crippen LogP contribution is -2.30. The van der Waals surface area contributed by atoms with Crippen LogP contribution >= 0.6 is 0 Å². The van der Waals surface area contributed by atoms with Crippen molar-refractivity contribution in [3.63, 3.8) is 0 Å². The molecule has 0 unspecified atom stereocenters. The summed E-state index contributed by atoms with van der Waals surface area (Å²) in [6.07, 6.45) is 20.1. The van der Waals surface area contributed by atoms with Crippen molar-refractivity contribution in [2.24, 2.45) is 0 Å². The zero-order valence-electron chi connectivity index (χ0n) is 20.8. The maximum Gasteiger partial charge on any atom is 0.258 e. The van der Waals surface area contributed by atoms with E-state index in [9.17, 15) is 9.59 Å². The highest BCUT2D eigenvalue weighted by Gasteiger charge is 2.14. The van der Waals surface area contributed by atoms with E-state index < -0.39 is 0 Å². The SMILES string of the molecule is CCCCCCCCCCCCCCCCCC(=O)NC(=O)c1cc(C)cc(C)c1C. The molecule has 1 rings (SSSR count). The van der Waals surface area contributed by atoms with Crippen LogP contribution in [-0.4, -0.2) is 11.8 Å². The van der Waals surface area contributed by atoms with E-state index in [1.807, 2.05) is 26.8 Å². The topological polar surface area (TPSA) is 46.2 Å². The second-order valence-electron chi connectivity index (χ2n) is 9.33. The third kappa shape index (κ3) is 12.7.